The fourth-order valence-corrected chi connectivity index (χ4v) is 11.5. The highest BCUT2D eigenvalue weighted by Gasteiger charge is 2.74. The van der Waals surface area contributed by atoms with Crippen molar-refractivity contribution in [1.29, 1.82) is 0 Å². The predicted molar refractivity (Wildman–Crippen MR) is 237 cm³/mol. The number of aliphatic hydroxyl groups excluding tert-OH is 4. The average molecular weight is 1010 g/mol. The molecular formula is C48H65NO22. The van der Waals surface area contributed by atoms with Gasteiger partial charge in [-0.1, -0.05) is 12.1 Å². The summed E-state index contributed by atoms with van der Waals surface area (Å²) in [6.45, 7) is 10.3. The Morgan fingerprint density at radius 3 is 2.04 bits per heavy atom. The molecule has 1 amide bonds. The molecule has 8 rings (SSSR count). The number of aliphatic hydroxyl groups is 7. The number of phenolic OH excluding ortho intramolecular Hbond substituents is 1. The van der Waals surface area contributed by atoms with Gasteiger partial charge in [-0.25, -0.2) is 4.79 Å². The molecule has 21 atom stereocenters. The van der Waals surface area contributed by atoms with Crippen molar-refractivity contribution in [3.05, 3.63) is 51.6 Å². The first-order valence-corrected chi connectivity index (χ1v) is 23.8. The van der Waals surface area contributed by atoms with Crippen LogP contribution in [0.25, 0.3) is 0 Å². The molecule has 0 saturated carbocycles. The molecule has 4 aliphatic heterocycles. The Kier molecular flexibility index (Phi) is 14.8. The number of fused-ring (bicyclic) bond motifs is 3. The number of primary amides is 1. The van der Waals surface area contributed by atoms with E-state index in [2.05, 4.69) is 0 Å². The Morgan fingerprint density at radius 1 is 0.761 bits per heavy atom. The number of rotatable bonds is 10. The summed E-state index contributed by atoms with van der Waals surface area (Å²) in [6.07, 6.45) is -21.3. The molecule has 1 unspecified atom stereocenters. The summed E-state index contributed by atoms with van der Waals surface area (Å²) in [4.78, 5) is 53.9. The summed E-state index contributed by atoms with van der Waals surface area (Å²) < 4.78 is 58.8. The van der Waals surface area contributed by atoms with E-state index in [0.717, 1.165) is 6.92 Å². The van der Waals surface area contributed by atoms with Crippen molar-refractivity contribution in [2.45, 2.75) is 208 Å². The molecule has 71 heavy (non-hydrogen) atoms. The van der Waals surface area contributed by atoms with Crippen molar-refractivity contribution in [1.82, 2.24) is 0 Å². The van der Waals surface area contributed by atoms with Crippen LogP contribution in [0.2, 0.25) is 0 Å². The van der Waals surface area contributed by atoms with Crippen LogP contribution in [-0.2, 0) is 52.2 Å². The van der Waals surface area contributed by atoms with Crippen molar-refractivity contribution in [3.8, 4) is 5.75 Å². The lowest BCUT2D eigenvalue weighted by atomic mass is 9.54. The SMILES string of the molecule is CO[C@@H]1C[C@@H](O[C@H]2C=C(C)C(O)[C@]3(O)[C@@H](OC(C)=O)[C@@H](O)C4=C(C(=O)c5ccc([C@H]6C[C@@H](O[C@H]7C[C@](C)(O)[C@H](O[C@H]8CC[C@H](OC(N)=O)[C@@H](C)O8)[C@@H](C)O7)[C@H](O)[C@@H](C)O6)c(O)c5C4=O)[C@]23O)O[C@@H](C)[C@H]1O. The van der Waals surface area contributed by atoms with Gasteiger partial charge >= 0.3 is 12.1 Å². The van der Waals surface area contributed by atoms with E-state index >= 15 is 0 Å². The number of esters is 1. The lowest BCUT2D eigenvalue weighted by Gasteiger charge is -2.59. The van der Waals surface area contributed by atoms with Crippen LogP contribution in [0.4, 0.5) is 4.79 Å². The number of carbonyl (C=O) groups is 4. The molecular weight excluding hydrogens is 943 g/mol. The van der Waals surface area contributed by atoms with Gasteiger partial charge in [0.15, 0.2) is 47.7 Å². The summed E-state index contributed by atoms with van der Waals surface area (Å²) >= 11 is 0. The molecule has 7 aliphatic rings. The van der Waals surface area contributed by atoms with E-state index in [1.807, 2.05) is 0 Å². The van der Waals surface area contributed by atoms with Crippen molar-refractivity contribution in [3.63, 3.8) is 0 Å². The van der Waals surface area contributed by atoms with Crippen molar-refractivity contribution in [2.75, 3.05) is 7.11 Å². The third kappa shape index (κ3) is 9.13. The highest BCUT2D eigenvalue weighted by molar-refractivity contribution is 6.29. The molecule has 4 heterocycles. The molecule has 4 saturated heterocycles. The van der Waals surface area contributed by atoms with Crippen molar-refractivity contribution >= 4 is 23.6 Å². The molecule has 23 heteroatoms. The number of ether oxygens (including phenoxy) is 10. The smallest absolute Gasteiger partial charge is 0.404 e. The van der Waals surface area contributed by atoms with Gasteiger partial charge in [0.25, 0.3) is 0 Å². The molecule has 394 valence electrons. The number of methoxy groups -OCH3 is 1. The zero-order valence-corrected chi connectivity index (χ0v) is 40.5. The quantitative estimate of drug-likeness (QED) is 0.109. The van der Waals surface area contributed by atoms with Crippen LogP contribution in [-0.4, -0.2) is 193 Å². The van der Waals surface area contributed by atoms with Crippen LogP contribution < -0.4 is 5.73 Å². The number of carbonyl (C=O) groups excluding carboxylic acids is 4. The standard InChI is InChI=1S/C48H65NO22/c1-17-13-29(70-31-15-27(62-8)36(51)20(4)65-31)47(60)35-34(41(56)44(67-22(6)50)48(47,61)42(17)57)40(55)33-24(39(35)54)10-9-23(38(33)53)26-14-28(37(52)19(3)63-26)68-32-16-46(7,59)43(21(5)66-32)71-30-12-11-25(18(2)64-30)69-45(49)58/h9-10,13,18-21,25-32,36-37,41-44,51-53,56-57,59-61H,11-12,14-16H2,1-8H3,(H2,49,58)/t18-,19-,20+,21-,25+,26-,27-,28-,29+,30+,31-,32+,36-,37-,41+,42?,43-,44+,46+,47-,48+/m1/s1. The third-order valence-corrected chi connectivity index (χ3v) is 15.1. The Bertz CT molecular complexity index is 2320. The van der Waals surface area contributed by atoms with E-state index in [-0.39, 0.29) is 30.4 Å². The Morgan fingerprint density at radius 2 is 1.41 bits per heavy atom. The Labute approximate surface area is 408 Å². The second-order valence-corrected chi connectivity index (χ2v) is 20.0. The number of phenols is 1. The first kappa shape index (κ1) is 53.3. The molecule has 23 nitrogen and oxygen atoms in total. The number of Topliss-reactive ketones (excluding diaryl/α,β-unsaturated/α-hetero) is 2. The molecule has 1 aromatic rings. The Balaban J connectivity index is 1.07. The molecule has 0 spiro atoms. The minimum Gasteiger partial charge on any atom is -0.507 e. The number of ketones is 2. The zero-order chi connectivity index (χ0) is 52.0. The number of hydrogen-bond acceptors (Lipinski definition) is 22. The number of benzene rings is 1. The van der Waals surface area contributed by atoms with Gasteiger partial charge in [0, 0.05) is 62.0 Å². The molecule has 4 fully saturated rings. The lowest BCUT2D eigenvalue weighted by Crippen LogP contribution is -2.80. The number of aromatic hydroxyl groups is 1. The minimum atomic E-state index is -3.18. The number of amides is 1. The van der Waals surface area contributed by atoms with Gasteiger partial charge in [-0.3, -0.25) is 14.4 Å². The van der Waals surface area contributed by atoms with Gasteiger partial charge in [0.1, 0.15) is 48.5 Å². The largest absolute Gasteiger partial charge is 0.507 e. The first-order chi connectivity index (χ1) is 33.2. The lowest BCUT2D eigenvalue weighted by molar-refractivity contribution is -0.336. The molecule has 1 aromatic carbocycles. The van der Waals surface area contributed by atoms with Crippen molar-refractivity contribution in [2.24, 2.45) is 5.73 Å². The van der Waals surface area contributed by atoms with E-state index in [9.17, 15) is 60.0 Å². The topological polar surface area (TPSA) is 348 Å². The zero-order valence-electron chi connectivity index (χ0n) is 40.5. The average Bonchev–Trinajstić information content (AvgIpc) is 3.28. The normalized spacial score (nSPS) is 44.7. The molecule has 0 bridgehead atoms. The third-order valence-electron chi connectivity index (χ3n) is 15.1. The fourth-order valence-electron chi connectivity index (χ4n) is 11.5. The van der Waals surface area contributed by atoms with E-state index in [4.69, 9.17) is 53.1 Å². The second kappa shape index (κ2) is 19.7. The summed E-state index contributed by atoms with van der Waals surface area (Å²) in [5.41, 5.74) is -5.72. The van der Waals surface area contributed by atoms with Crippen LogP contribution >= 0.6 is 0 Å². The highest BCUT2D eigenvalue weighted by Crippen LogP contribution is 2.56. The van der Waals surface area contributed by atoms with Crippen LogP contribution in [0.3, 0.4) is 0 Å². The molecule has 10 N–H and O–H groups in total. The first-order valence-electron chi connectivity index (χ1n) is 23.8. The maximum absolute atomic E-state index is 15.0. The van der Waals surface area contributed by atoms with E-state index in [1.54, 1.807) is 27.7 Å². The van der Waals surface area contributed by atoms with Crippen molar-refractivity contribution < 1.29 is 107 Å². The monoisotopic (exact) mass is 1010 g/mol. The highest BCUT2D eigenvalue weighted by atomic mass is 16.7. The number of nitrogens with two attached hydrogens (primary N) is 1. The van der Waals surface area contributed by atoms with Crippen LogP contribution in [0.5, 0.6) is 5.75 Å². The summed E-state index contributed by atoms with van der Waals surface area (Å²) in [6, 6.07) is 2.46. The fraction of sp³-hybridized carbons (Fsp3) is 0.708. The second-order valence-electron chi connectivity index (χ2n) is 20.0. The predicted octanol–water partition coefficient (Wildman–Crippen LogP) is -0.0910. The van der Waals surface area contributed by atoms with Gasteiger partial charge in [-0.05, 0) is 59.6 Å². The maximum atomic E-state index is 15.0. The number of hydrogen-bond donors (Lipinski definition) is 9. The van der Waals surface area contributed by atoms with Crippen LogP contribution in [0.1, 0.15) is 113 Å². The summed E-state index contributed by atoms with van der Waals surface area (Å²) in [5.74, 6) is -4.28. The van der Waals surface area contributed by atoms with Crippen LogP contribution in [0, 0.1) is 0 Å². The molecule has 0 aromatic heterocycles. The van der Waals surface area contributed by atoms with Crippen LogP contribution in [0.15, 0.2) is 34.9 Å². The van der Waals surface area contributed by atoms with Gasteiger partial charge in [0.05, 0.1) is 53.9 Å². The minimum absolute atomic E-state index is 0.0450. The summed E-state index contributed by atoms with van der Waals surface area (Å²) in [7, 11) is 1.35. The van der Waals surface area contributed by atoms with Gasteiger partial charge in [-0.15, -0.1) is 0 Å². The molecule has 3 aliphatic carbocycles. The van der Waals surface area contributed by atoms with E-state index < -0.39 is 179 Å². The van der Waals surface area contributed by atoms with Gasteiger partial charge in [0.2, 0.25) is 0 Å². The summed E-state index contributed by atoms with van der Waals surface area (Å²) in [5, 5.41) is 95.2. The van der Waals surface area contributed by atoms with E-state index in [1.165, 1.54) is 39.2 Å². The van der Waals surface area contributed by atoms with E-state index in [0.29, 0.717) is 12.8 Å². The van der Waals surface area contributed by atoms with Gasteiger partial charge in [-0.2, -0.15) is 0 Å². The van der Waals surface area contributed by atoms with Gasteiger partial charge < -0.3 is 94.0 Å². The maximum Gasteiger partial charge on any atom is 0.404 e. The molecule has 0 radical (unpaired) electrons. The Hall–Kier alpha value is -4.02.